The van der Waals surface area contributed by atoms with Gasteiger partial charge in [0.05, 0.1) is 6.10 Å². The van der Waals surface area contributed by atoms with Gasteiger partial charge in [-0.1, -0.05) is 0 Å². The van der Waals surface area contributed by atoms with Crippen molar-refractivity contribution in [2.45, 2.75) is 31.8 Å². The standard InChI is InChI=1S/C9H14O2/c1-11-9-4-6-2-8(10)3-7(6)5-9/h6-7,9H,2-5H2,1H3/t6-,7+,9-. The van der Waals surface area contributed by atoms with Gasteiger partial charge in [-0.15, -0.1) is 0 Å². The predicted octanol–water partition coefficient (Wildman–Crippen LogP) is 1.39. The molecular formula is C9H14O2. The normalized spacial score (nSPS) is 43.0. The minimum Gasteiger partial charge on any atom is -0.381 e. The lowest BCUT2D eigenvalue weighted by Gasteiger charge is -2.06. The predicted molar refractivity (Wildman–Crippen MR) is 41.3 cm³/mol. The maximum absolute atomic E-state index is 11.0. The van der Waals surface area contributed by atoms with Gasteiger partial charge in [0.25, 0.3) is 0 Å². The Morgan fingerprint density at radius 2 is 1.82 bits per heavy atom. The fourth-order valence-corrected chi connectivity index (χ4v) is 2.52. The van der Waals surface area contributed by atoms with Gasteiger partial charge in [0, 0.05) is 20.0 Å². The van der Waals surface area contributed by atoms with Crippen LogP contribution in [0.5, 0.6) is 0 Å². The molecule has 2 fully saturated rings. The molecule has 0 bridgehead atoms. The van der Waals surface area contributed by atoms with Crippen LogP contribution in [0.25, 0.3) is 0 Å². The first kappa shape index (κ1) is 7.29. The van der Waals surface area contributed by atoms with Crippen LogP contribution in [0, 0.1) is 11.8 Å². The van der Waals surface area contributed by atoms with Gasteiger partial charge in [0.2, 0.25) is 0 Å². The molecule has 11 heavy (non-hydrogen) atoms. The molecule has 0 aromatic carbocycles. The monoisotopic (exact) mass is 154 g/mol. The molecule has 0 aromatic rings. The average molecular weight is 154 g/mol. The zero-order chi connectivity index (χ0) is 7.84. The Morgan fingerprint density at radius 3 is 2.27 bits per heavy atom. The van der Waals surface area contributed by atoms with Crippen molar-refractivity contribution < 1.29 is 9.53 Å². The van der Waals surface area contributed by atoms with Crippen molar-refractivity contribution in [3.8, 4) is 0 Å². The summed E-state index contributed by atoms with van der Waals surface area (Å²) in [5.41, 5.74) is 0. The van der Waals surface area contributed by atoms with E-state index in [1.807, 2.05) is 0 Å². The Morgan fingerprint density at radius 1 is 1.27 bits per heavy atom. The summed E-state index contributed by atoms with van der Waals surface area (Å²) in [5, 5.41) is 0. The number of rotatable bonds is 1. The smallest absolute Gasteiger partial charge is 0.133 e. The first-order valence-corrected chi connectivity index (χ1v) is 4.34. The fraction of sp³-hybridized carbons (Fsp3) is 0.889. The average Bonchev–Trinajstić information content (AvgIpc) is 2.43. The maximum Gasteiger partial charge on any atom is 0.133 e. The van der Waals surface area contributed by atoms with E-state index in [9.17, 15) is 4.79 Å². The van der Waals surface area contributed by atoms with E-state index in [4.69, 9.17) is 4.74 Å². The first-order valence-electron chi connectivity index (χ1n) is 4.34. The summed E-state index contributed by atoms with van der Waals surface area (Å²) in [6, 6.07) is 0. The minimum absolute atomic E-state index is 0.443. The first-order chi connectivity index (χ1) is 5.29. The van der Waals surface area contributed by atoms with Crippen LogP contribution in [-0.2, 0) is 9.53 Å². The van der Waals surface area contributed by atoms with Crippen molar-refractivity contribution in [1.82, 2.24) is 0 Å². The largest absolute Gasteiger partial charge is 0.381 e. The number of ether oxygens (including phenoxy) is 1. The molecule has 0 saturated heterocycles. The van der Waals surface area contributed by atoms with E-state index in [1.165, 1.54) is 0 Å². The Labute approximate surface area is 66.9 Å². The molecule has 0 N–H and O–H groups in total. The number of carbonyl (C=O) groups excluding carboxylic acids is 1. The molecule has 0 spiro atoms. The van der Waals surface area contributed by atoms with Crippen LogP contribution in [0.2, 0.25) is 0 Å². The highest BCUT2D eigenvalue weighted by atomic mass is 16.5. The Hall–Kier alpha value is -0.370. The molecule has 2 nitrogen and oxygen atoms in total. The fourth-order valence-electron chi connectivity index (χ4n) is 2.52. The van der Waals surface area contributed by atoms with Gasteiger partial charge in [-0.2, -0.15) is 0 Å². The molecule has 0 radical (unpaired) electrons. The highest BCUT2D eigenvalue weighted by Crippen LogP contribution is 2.43. The molecule has 62 valence electrons. The highest BCUT2D eigenvalue weighted by molar-refractivity contribution is 5.81. The topological polar surface area (TPSA) is 26.3 Å². The number of hydrogen-bond donors (Lipinski definition) is 0. The van der Waals surface area contributed by atoms with E-state index in [1.54, 1.807) is 7.11 Å². The third-order valence-electron chi connectivity index (χ3n) is 3.11. The molecule has 2 aliphatic carbocycles. The van der Waals surface area contributed by atoms with Gasteiger partial charge >= 0.3 is 0 Å². The van der Waals surface area contributed by atoms with E-state index in [-0.39, 0.29) is 0 Å². The SMILES string of the molecule is CO[C@@H]1C[C@H]2CC(=O)C[C@H]2C1. The highest BCUT2D eigenvalue weighted by Gasteiger charge is 2.40. The van der Waals surface area contributed by atoms with E-state index in [0.717, 1.165) is 25.7 Å². The number of carbonyl (C=O) groups is 1. The summed E-state index contributed by atoms with van der Waals surface area (Å²) in [7, 11) is 1.77. The summed E-state index contributed by atoms with van der Waals surface area (Å²) >= 11 is 0. The molecule has 3 atom stereocenters. The van der Waals surface area contributed by atoms with E-state index in [0.29, 0.717) is 23.7 Å². The molecule has 2 heteroatoms. The zero-order valence-corrected chi connectivity index (χ0v) is 6.88. The second-order valence-corrected chi connectivity index (χ2v) is 3.80. The van der Waals surface area contributed by atoms with Crippen LogP contribution in [-0.4, -0.2) is 19.0 Å². The summed E-state index contributed by atoms with van der Waals surface area (Å²) in [6.07, 6.45) is 4.33. The molecule has 2 aliphatic rings. The van der Waals surface area contributed by atoms with Crippen LogP contribution in [0.1, 0.15) is 25.7 Å². The van der Waals surface area contributed by atoms with Gasteiger partial charge in [-0.25, -0.2) is 0 Å². The molecule has 0 unspecified atom stereocenters. The van der Waals surface area contributed by atoms with Crippen molar-refractivity contribution in [2.75, 3.05) is 7.11 Å². The second-order valence-electron chi connectivity index (χ2n) is 3.80. The molecule has 2 saturated carbocycles. The van der Waals surface area contributed by atoms with Gasteiger partial charge in [-0.05, 0) is 24.7 Å². The van der Waals surface area contributed by atoms with E-state index in [2.05, 4.69) is 0 Å². The summed E-state index contributed by atoms with van der Waals surface area (Å²) < 4.78 is 5.27. The molecule has 0 aliphatic heterocycles. The van der Waals surface area contributed by atoms with Crippen LogP contribution in [0.15, 0.2) is 0 Å². The van der Waals surface area contributed by atoms with Gasteiger partial charge in [-0.3, -0.25) is 4.79 Å². The number of fused-ring (bicyclic) bond motifs is 1. The van der Waals surface area contributed by atoms with Crippen LogP contribution in [0.3, 0.4) is 0 Å². The lowest BCUT2D eigenvalue weighted by atomic mass is 10.0. The molecule has 0 heterocycles. The summed E-state index contributed by atoms with van der Waals surface area (Å²) in [6.45, 7) is 0. The number of methoxy groups -OCH3 is 1. The van der Waals surface area contributed by atoms with Gasteiger partial charge < -0.3 is 4.74 Å². The Balaban J connectivity index is 1.98. The Bertz CT molecular complexity index is 160. The molecule has 2 rings (SSSR count). The zero-order valence-electron chi connectivity index (χ0n) is 6.88. The van der Waals surface area contributed by atoms with Crippen LogP contribution >= 0.6 is 0 Å². The summed E-state index contributed by atoms with van der Waals surface area (Å²) in [4.78, 5) is 11.0. The molecule has 0 aromatic heterocycles. The lowest BCUT2D eigenvalue weighted by Crippen LogP contribution is -2.07. The third-order valence-corrected chi connectivity index (χ3v) is 3.11. The van der Waals surface area contributed by atoms with Crippen molar-refractivity contribution >= 4 is 5.78 Å². The Kier molecular flexibility index (Phi) is 1.72. The number of ketones is 1. The van der Waals surface area contributed by atoms with E-state index < -0.39 is 0 Å². The second kappa shape index (κ2) is 2.59. The molecule has 0 amide bonds. The molecular weight excluding hydrogens is 140 g/mol. The van der Waals surface area contributed by atoms with Crippen molar-refractivity contribution in [3.05, 3.63) is 0 Å². The van der Waals surface area contributed by atoms with Crippen LogP contribution in [0.4, 0.5) is 0 Å². The number of Topliss-reactive ketones (excluding diaryl/α,β-unsaturated/α-hetero) is 1. The van der Waals surface area contributed by atoms with Crippen LogP contribution < -0.4 is 0 Å². The van der Waals surface area contributed by atoms with Crippen molar-refractivity contribution in [1.29, 1.82) is 0 Å². The lowest BCUT2D eigenvalue weighted by molar-refractivity contribution is -0.118. The van der Waals surface area contributed by atoms with E-state index >= 15 is 0 Å². The van der Waals surface area contributed by atoms with Crippen molar-refractivity contribution in [3.63, 3.8) is 0 Å². The quantitative estimate of drug-likeness (QED) is 0.570. The van der Waals surface area contributed by atoms with Gasteiger partial charge in [0.15, 0.2) is 0 Å². The minimum atomic E-state index is 0.443. The summed E-state index contributed by atoms with van der Waals surface area (Å²) in [5.74, 6) is 1.79. The number of hydrogen-bond acceptors (Lipinski definition) is 2. The third kappa shape index (κ3) is 1.20. The van der Waals surface area contributed by atoms with Crippen molar-refractivity contribution in [2.24, 2.45) is 11.8 Å². The van der Waals surface area contributed by atoms with Gasteiger partial charge in [0.1, 0.15) is 5.78 Å². The maximum atomic E-state index is 11.0.